The van der Waals surface area contributed by atoms with Crippen LogP contribution in [-0.4, -0.2) is 24.1 Å². The summed E-state index contributed by atoms with van der Waals surface area (Å²) in [5, 5.41) is 0. The van der Waals surface area contributed by atoms with Crippen LogP contribution in [0, 0.1) is 23.7 Å². The molecular formula is C24H24O4. The molecule has 3 saturated carbocycles. The van der Waals surface area contributed by atoms with Crippen LogP contribution >= 0.6 is 0 Å². The molecule has 144 valence electrons. The number of fused-ring (bicyclic) bond motifs is 4. The van der Waals surface area contributed by atoms with Gasteiger partial charge in [0.25, 0.3) is 0 Å². The first-order chi connectivity index (χ1) is 13.7. The lowest BCUT2D eigenvalue weighted by Gasteiger charge is -2.63. The Morgan fingerprint density at radius 3 is 1.36 bits per heavy atom. The van der Waals surface area contributed by atoms with Crippen molar-refractivity contribution in [3.05, 3.63) is 71.8 Å². The molecule has 2 aromatic carbocycles. The zero-order valence-electron chi connectivity index (χ0n) is 15.7. The lowest BCUT2D eigenvalue weighted by atomic mass is 9.43. The fraction of sp³-hybridized carbons (Fsp3) is 0.417. The Labute approximate surface area is 164 Å². The summed E-state index contributed by atoms with van der Waals surface area (Å²) in [7, 11) is 0. The van der Waals surface area contributed by atoms with E-state index < -0.39 is 0 Å². The van der Waals surface area contributed by atoms with Crippen LogP contribution in [0.5, 0.6) is 0 Å². The molecule has 2 aromatic rings. The summed E-state index contributed by atoms with van der Waals surface area (Å²) < 4.78 is 11.7. The van der Waals surface area contributed by atoms with Crippen LogP contribution in [0.4, 0.5) is 0 Å². The number of benzene rings is 2. The summed E-state index contributed by atoms with van der Waals surface area (Å²) in [4.78, 5) is 25.2. The highest BCUT2D eigenvalue weighted by atomic mass is 16.6. The smallest absolute Gasteiger partial charge is 0.338 e. The van der Waals surface area contributed by atoms with Crippen molar-refractivity contribution < 1.29 is 19.1 Å². The summed E-state index contributed by atoms with van der Waals surface area (Å²) in [6, 6.07) is 18.1. The molecule has 3 fully saturated rings. The van der Waals surface area contributed by atoms with E-state index in [1.54, 1.807) is 24.3 Å². The molecule has 4 nitrogen and oxygen atoms in total. The molecule has 0 spiro atoms. The standard InChI is InChI=1S/C24H24O4/c25-23(15-7-3-1-4-8-15)27-21-13-19-17-11-12-18(17)20(19)14-22(21)28-24(26)16-9-5-2-6-10-16/h1-10,17-22H,11-14H2. The maximum atomic E-state index is 12.6. The number of carbonyl (C=O) groups excluding carboxylic acids is 2. The van der Waals surface area contributed by atoms with Crippen molar-refractivity contribution in [2.24, 2.45) is 23.7 Å². The van der Waals surface area contributed by atoms with Gasteiger partial charge in [0.05, 0.1) is 11.1 Å². The highest BCUT2D eigenvalue weighted by molar-refractivity contribution is 5.90. The fourth-order valence-corrected chi connectivity index (χ4v) is 5.45. The molecule has 0 heterocycles. The van der Waals surface area contributed by atoms with Crippen LogP contribution in [0.15, 0.2) is 60.7 Å². The van der Waals surface area contributed by atoms with Crippen molar-refractivity contribution in [1.29, 1.82) is 0 Å². The van der Waals surface area contributed by atoms with Gasteiger partial charge in [0.1, 0.15) is 12.2 Å². The van der Waals surface area contributed by atoms with Gasteiger partial charge in [-0.25, -0.2) is 9.59 Å². The second-order valence-electron chi connectivity index (χ2n) is 8.32. The van der Waals surface area contributed by atoms with Crippen LogP contribution in [0.3, 0.4) is 0 Å². The van der Waals surface area contributed by atoms with Gasteiger partial charge in [0, 0.05) is 0 Å². The number of esters is 2. The number of rotatable bonds is 4. The molecule has 0 saturated heterocycles. The summed E-state index contributed by atoms with van der Waals surface area (Å²) in [5.41, 5.74) is 1.07. The molecule has 0 radical (unpaired) electrons. The largest absolute Gasteiger partial charge is 0.455 e. The molecule has 5 rings (SSSR count). The number of carbonyl (C=O) groups is 2. The van der Waals surface area contributed by atoms with Crippen LogP contribution in [0.25, 0.3) is 0 Å². The molecule has 0 bridgehead atoms. The van der Waals surface area contributed by atoms with Gasteiger partial charge in [-0.1, -0.05) is 36.4 Å². The van der Waals surface area contributed by atoms with Crippen molar-refractivity contribution in [1.82, 2.24) is 0 Å². The SMILES string of the molecule is O=C(OC1CC2C3CCC3C2CC1OC(=O)c1ccccc1)c1ccccc1. The third kappa shape index (κ3) is 3.01. The van der Waals surface area contributed by atoms with Crippen LogP contribution in [0.2, 0.25) is 0 Å². The van der Waals surface area contributed by atoms with Crippen molar-refractivity contribution in [3.8, 4) is 0 Å². The van der Waals surface area contributed by atoms with E-state index in [0.717, 1.165) is 24.7 Å². The van der Waals surface area contributed by atoms with Crippen LogP contribution in [0.1, 0.15) is 46.4 Å². The van der Waals surface area contributed by atoms with Crippen molar-refractivity contribution >= 4 is 11.9 Å². The highest BCUT2D eigenvalue weighted by Gasteiger charge is 2.59. The summed E-state index contributed by atoms with van der Waals surface area (Å²) in [6.45, 7) is 0. The maximum Gasteiger partial charge on any atom is 0.338 e. The van der Waals surface area contributed by atoms with E-state index in [9.17, 15) is 9.59 Å². The predicted octanol–water partition coefficient (Wildman–Crippen LogP) is 4.50. The Morgan fingerprint density at radius 1 is 0.607 bits per heavy atom. The first-order valence-electron chi connectivity index (χ1n) is 10.2. The zero-order valence-corrected chi connectivity index (χ0v) is 15.7. The summed E-state index contributed by atoms with van der Waals surface area (Å²) in [5.74, 6) is 2.11. The Hall–Kier alpha value is -2.62. The van der Waals surface area contributed by atoms with E-state index in [2.05, 4.69) is 0 Å². The summed E-state index contributed by atoms with van der Waals surface area (Å²) >= 11 is 0. The van der Waals surface area contributed by atoms with Crippen molar-refractivity contribution in [3.63, 3.8) is 0 Å². The Bertz CT molecular complexity index is 789. The van der Waals surface area contributed by atoms with Crippen molar-refractivity contribution in [2.45, 2.75) is 37.9 Å². The summed E-state index contributed by atoms with van der Waals surface area (Å²) in [6.07, 6.45) is 3.44. The molecule has 0 amide bonds. The third-order valence-electron chi connectivity index (χ3n) is 6.99. The van der Waals surface area contributed by atoms with Gasteiger partial charge in [0.2, 0.25) is 0 Å². The van der Waals surface area contributed by atoms with E-state index in [1.165, 1.54) is 12.8 Å². The molecule has 3 aliphatic carbocycles. The zero-order chi connectivity index (χ0) is 19.1. The monoisotopic (exact) mass is 376 g/mol. The molecule has 0 aromatic heterocycles. The van der Waals surface area contributed by atoms with E-state index in [4.69, 9.17) is 9.47 Å². The van der Waals surface area contributed by atoms with E-state index in [0.29, 0.717) is 23.0 Å². The maximum absolute atomic E-state index is 12.6. The van der Waals surface area contributed by atoms with Crippen molar-refractivity contribution in [2.75, 3.05) is 0 Å². The van der Waals surface area contributed by atoms with Gasteiger partial charge in [-0.15, -0.1) is 0 Å². The van der Waals surface area contributed by atoms with Gasteiger partial charge in [-0.2, -0.15) is 0 Å². The minimum Gasteiger partial charge on any atom is -0.455 e. The average molecular weight is 376 g/mol. The first kappa shape index (κ1) is 17.5. The minimum absolute atomic E-state index is 0.339. The molecular weight excluding hydrogens is 352 g/mol. The highest BCUT2D eigenvalue weighted by Crippen LogP contribution is 2.63. The number of ether oxygens (including phenoxy) is 2. The second kappa shape index (κ2) is 7.08. The number of hydrogen-bond acceptors (Lipinski definition) is 4. The molecule has 6 atom stereocenters. The van der Waals surface area contributed by atoms with Gasteiger partial charge in [0.15, 0.2) is 0 Å². The van der Waals surface area contributed by atoms with Crippen LogP contribution < -0.4 is 0 Å². The minimum atomic E-state index is -0.372. The Morgan fingerprint density at radius 2 is 1.00 bits per heavy atom. The topological polar surface area (TPSA) is 52.6 Å². The quantitative estimate of drug-likeness (QED) is 0.737. The Balaban J connectivity index is 1.33. The van der Waals surface area contributed by atoms with Gasteiger partial charge >= 0.3 is 11.9 Å². The lowest BCUT2D eigenvalue weighted by molar-refractivity contribution is -0.180. The second-order valence-corrected chi connectivity index (χ2v) is 8.32. The molecule has 6 unspecified atom stereocenters. The lowest BCUT2D eigenvalue weighted by Crippen LogP contribution is -2.60. The van der Waals surface area contributed by atoms with E-state index in [-0.39, 0.29) is 24.1 Å². The molecule has 0 N–H and O–H groups in total. The first-order valence-corrected chi connectivity index (χ1v) is 10.2. The Kier molecular flexibility index (Phi) is 4.42. The molecule has 3 aliphatic rings. The van der Waals surface area contributed by atoms with Gasteiger partial charge < -0.3 is 9.47 Å². The normalized spacial score (nSPS) is 32.7. The van der Waals surface area contributed by atoms with E-state index in [1.807, 2.05) is 36.4 Å². The molecule has 0 aliphatic heterocycles. The fourth-order valence-electron chi connectivity index (χ4n) is 5.45. The predicted molar refractivity (Wildman–Crippen MR) is 104 cm³/mol. The molecule has 4 heteroatoms. The number of hydrogen-bond donors (Lipinski definition) is 0. The third-order valence-corrected chi connectivity index (χ3v) is 6.99. The average Bonchev–Trinajstić information content (AvgIpc) is 2.71. The van der Waals surface area contributed by atoms with E-state index >= 15 is 0 Å². The van der Waals surface area contributed by atoms with Crippen LogP contribution in [-0.2, 0) is 9.47 Å². The van der Waals surface area contributed by atoms with Gasteiger partial charge in [-0.3, -0.25) is 0 Å². The van der Waals surface area contributed by atoms with Gasteiger partial charge in [-0.05, 0) is 73.6 Å². The molecule has 28 heavy (non-hydrogen) atoms.